The van der Waals surface area contributed by atoms with Crippen molar-refractivity contribution in [2.45, 2.75) is 25.9 Å². The van der Waals surface area contributed by atoms with Gasteiger partial charge in [-0.3, -0.25) is 19.0 Å². The van der Waals surface area contributed by atoms with Gasteiger partial charge in [0.25, 0.3) is 5.91 Å². The van der Waals surface area contributed by atoms with Crippen LogP contribution in [0.15, 0.2) is 54.7 Å². The standard InChI is InChI=1S/C25H28N4O3S/c1-18-15-22-16-20(8-9-23(22)29(18)33(2,31)32)25(30)28-13-11-27(12-14-28)17-21-6-3-5-19-7-4-10-26-24(19)21/h3-10,16,18H,11-15,17H2,1-2H3. The Morgan fingerprint density at radius 2 is 1.82 bits per heavy atom. The van der Waals surface area contributed by atoms with Crippen LogP contribution in [0.4, 0.5) is 5.69 Å². The van der Waals surface area contributed by atoms with Gasteiger partial charge in [-0.2, -0.15) is 0 Å². The smallest absolute Gasteiger partial charge is 0.253 e. The number of piperazine rings is 1. The van der Waals surface area contributed by atoms with Gasteiger partial charge in [0.05, 0.1) is 17.5 Å². The van der Waals surface area contributed by atoms with Crippen molar-refractivity contribution in [2.75, 3.05) is 36.7 Å². The van der Waals surface area contributed by atoms with E-state index in [1.807, 2.05) is 30.2 Å². The number of amides is 1. The molecule has 1 unspecified atom stereocenters. The van der Waals surface area contributed by atoms with Crippen LogP contribution in [-0.2, 0) is 23.0 Å². The highest BCUT2D eigenvalue weighted by Crippen LogP contribution is 2.35. The second-order valence-corrected chi connectivity index (χ2v) is 10.9. The number of carbonyl (C=O) groups is 1. The zero-order valence-corrected chi connectivity index (χ0v) is 19.8. The highest BCUT2D eigenvalue weighted by atomic mass is 32.2. The van der Waals surface area contributed by atoms with Crippen molar-refractivity contribution >= 4 is 32.5 Å². The Balaban J connectivity index is 1.25. The maximum atomic E-state index is 13.2. The average molecular weight is 465 g/mol. The molecule has 1 amide bonds. The van der Waals surface area contributed by atoms with Gasteiger partial charge in [0, 0.05) is 55.9 Å². The van der Waals surface area contributed by atoms with Gasteiger partial charge in [-0.05, 0) is 48.7 Å². The number of anilines is 1. The second-order valence-electron chi connectivity index (χ2n) is 9.02. The van der Waals surface area contributed by atoms with Crippen LogP contribution in [0.3, 0.4) is 0 Å². The normalized spacial score (nSPS) is 19.2. The first kappa shape index (κ1) is 21.9. The summed E-state index contributed by atoms with van der Waals surface area (Å²) in [5.41, 5.74) is 4.48. The predicted molar refractivity (Wildman–Crippen MR) is 130 cm³/mol. The molecule has 0 spiro atoms. The van der Waals surface area contributed by atoms with Crippen molar-refractivity contribution in [3.63, 3.8) is 0 Å². The zero-order valence-electron chi connectivity index (χ0n) is 18.9. The quantitative estimate of drug-likeness (QED) is 0.594. The fourth-order valence-electron chi connectivity index (χ4n) is 5.07. The van der Waals surface area contributed by atoms with E-state index in [0.717, 1.165) is 36.1 Å². The summed E-state index contributed by atoms with van der Waals surface area (Å²) >= 11 is 0. The van der Waals surface area contributed by atoms with Gasteiger partial charge in [-0.25, -0.2) is 8.42 Å². The van der Waals surface area contributed by atoms with Crippen molar-refractivity contribution in [2.24, 2.45) is 0 Å². The first-order valence-corrected chi connectivity index (χ1v) is 13.1. The molecule has 1 atom stereocenters. The lowest BCUT2D eigenvalue weighted by Crippen LogP contribution is -2.48. The Labute approximate surface area is 194 Å². The highest BCUT2D eigenvalue weighted by molar-refractivity contribution is 7.92. The van der Waals surface area contributed by atoms with E-state index >= 15 is 0 Å². The van der Waals surface area contributed by atoms with E-state index in [0.29, 0.717) is 30.8 Å². The molecular weight excluding hydrogens is 436 g/mol. The number of fused-ring (bicyclic) bond motifs is 2. The molecule has 1 fully saturated rings. The summed E-state index contributed by atoms with van der Waals surface area (Å²) in [5.74, 6) is 0.00902. The molecule has 8 heteroatoms. The Morgan fingerprint density at radius 3 is 2.58 bits per heavy atom. The summed E-state index contributed by atoms with van der Waals surface area (Å²) in [6.45, 7) is 5.65. The van der Waals surface area contributed by atoms with E-state index in [2.05, 4.69) is 34.1 Å². The van der Waals surface area contributed by atoms with Gasteiger partial charge in [0.1, 0.15) is 0 Å². The molecule has 0 radical (unpaired) electrons. The van der Waals surface area contributed by atoms with Crippen molar-refractivity contribution in [3.8, 4) is 0 Å². The third-order valence-electron chi connectivity index (χ3n) is 6.61. The minimum absolute atomic E-state index is 0.00902. The zero-order chi connectivity index (χ0) is 23.2. The maximum Gasteiger partial charge on any atom is 0.253 e. The molecule has 0 N–H and O–H groups in total. The lowest BCUT2D eigenvalue weighted by molar-refractivity contribution is 0.0629. The monoisotopic (exact) mass is 464 g/mol. The van der Waals surface area contributed by atoms with E-state index in [9.17, 15) is 13.2 Å². The molecule has 2 aromatic carbocycles. The molecule has 3 heterocycles. The third-order valence-corrected chi connectivity index (χ3v) is 7.88. The molecule has 1 aromatic heterocycles. The summed E-state index contributed by atoms with van der Waals surface area (Å²) in [4.78, 5) is 22.0. The van der Waals surface area contributed by atoms with Crippen molar-refractivity contribution < 1.29 is 13.2 Å². The van der Waals surface area contributed by atoms with Gasteiger partial charge in [0.2, 0.25) is 10.0 Å². The van der Waals surface area contributed by atoms with Crippen LogP contribution >= 0.6 is 0 Å². The van der Waals surface area contributed by atoms with E-state index < -0.39 is 10.0 Å². The molecule has 3 aromatic rings. The van der Waals surface area contributed by atoms with Crippen LogP contribution in [0.2, 0.25) is 0 Å². The molecule has 172 valence electrons. The highest BCUT2D eigenvalue weighted by Gasteiger charge is 2.33. The Hall–Kier alpha value is -2.97. The minimum atomic E-state index is -3.34. The Kier molecular flexibility index (Phi) is 5.58. The lowest BCUT2D eigenvalue weighted by atomic mass is 10.1. The second kappa shape index (κ2) is 8.43. The van der Waals surface area contributed by atoms with Gasteiger partial charge in [-0.1, -0.05) is 24.3 Å². The van der Waals surface area contributed by atoms with Crippen LogP contribution < -0.4 is 4.31 Å². The van der Waals surface area contributed by atoms with Crippen LogP contribution in [0, 0.1) is 0 Å². The molecule has 1 saturated heterocycles. The first-order valence-electron chi connectivity index (χ1n) is 11.3. The number of benzene rings is 2. The number of rotatable bonds is 4. The summed E-state index contributed by atoms with van der Waals surface area (Å²) in [7, 11) is -3.34. The maximum absolute atomic E-state index is 13.2. The van der Waals surface area contributed by atoms with Gasteiger partial charge >= 0.3 is 0 Å². The molecule has 0 aliphatic carbocycles. The summed E-state index contributed by atoms with van der Waals surface area (Å²) < 4.78 is 25.8. The Bertz CT molecular complexity index is 1310. The molecule has 0 bridgehead atoms. The fraction of sp³-hybridized carbons (Fsp3) is 0.360. The van der Waals surface area contributed by atoms with Crippen molar-refractivity contribution in [1.82, 2.24) is 14.8 Å². The first-order chi connectivity index (χ1) is 15.8. The number of sulfonamides is 1. The van der Waals surface area contributed by atoms with Crippen LogP contribution in [0.1, 0.15) is 28.4 Å². The lowest BCUT2D eigenvalue weighted by Gasteiger charge is -2.35. The molecular formula is C25H28N4O3S. The number of hydrogen-bond donors (Lipinski definition) is 0. The van der Waals surface area contributed by atoms with Crippen LogP contribution in [0.5, 0.6) is 0 Å². The number of carbonyl (C=O) groups excluding carboxylic acids is 1. The molecule has 7 nitrogen and oxygen atoms in total. The molecule has 33 heavy (non-hydrogen) atoms. The number of hydrogen-bond acceptors (Lipinski definition) is 5. The van der Waals surface area contributed by atoms with Crippen molar-refractivity contribution in [1.29, 1.82) is 0 Å². The predicted octanol–water partition coefficient (Wildman–Crippen LogP) is 2.90. The fourth-order valence-corrected chi connectivity index (χ4v) is 6.33. The van der Waals surface area contributed by atoms with Crippen LogP contribution in [-0.4, -0.2) is 67.6 Å². The molecule has 0 saturated carbocycles. The van der Waals surface area contributed by atoms with Gasteiger partial charge < -0.3 is 4.90 Å². The summed E-state index contributed by atoms with van der Waals surface area (Å²) in [6.07, 6.45) is 3.68. The van der Waals surface area contributed by atoms with E-state index in [-0.39, 0.29) is 11.9 Å². The van der Waals surface area contributed by atoms with E-state index in [4.69, 9.17) is 0 Å². The molecule has 2 aliphatic rings. The number of pyridine rings is 1. The van der Waals surface area contributed by atoms with E-state index in [1.165, 1.54) is 16.1 Å². The van der Waals surface area contributed by atoms with Crippen molar-refractivity contribution in [3.05, 3.63) is 71.4 Å². The third kappa shape index (κ3) is 4.20. The largest absolute Gasteiger partial charge is 0.336 e. The number of aromatic nitrogens is 1. The average Bonchev–Trinajstić information content (AvgIpc) is 3.14. The molecule has 5 rings (SSSR count). The van der Waals surface area contributed by atoms with E-state index in [1.54, 1.807) is 12.1 Å². The van der Waals surface area contributed by atoms with Gasteiger partial charge in [-0.15, -0.1) is 0 Å². The summed E-state index contributed by atoms with van der Waals surface area (Å²) in [5, 5.41) is 1.14. The van der Waals surface area contributed by atoms with Crippen LogP contribution in [0.25, 0.3) is 10.9 Å². The molecule has 2 aliphatic heterocycles. The van der Waals surface area contributed by atoms with Gasteiger partial charge in [0.15, 0.2) is 0 Å². The topological polar surface area (TPSA) is 73.8 Å². The Morgan fingerprint density at radius 1 is 1.06 bits per heavy atom. The number of para-hydroxylation sites is 1. The summed E-state index contributed by atoms with van der Waals surface area (Å²) in [6, 6.07) is 15.6. The SMILES string of the molecule is CC1Cc2cc(C(=O)N3CCN(Cc4cccc5cccnc45)CC3)ccc2N1S(C)(=O)=O. The minimum Gasteiger partial charge on any atom is -0.336 e. The number of nitrogens with zero attached hydrogens (tertiary/aromatic N) is 4.